The van der Waals surface area contributed by atoms with Gasteiger partial charge >= 0.3 is 12.3 Å². The maximum atomic E-state index is 13.5. The number of alkyl halides is 3. The molecule has 16 heteroatoms. The fourth-order valence-corrected chi connectivity index (χ4v) is 4.32. The Kier molecular flexibility index (Phi) is 9.89. The molecule has 0 aliphatic carbocycles. The fourth-order valence-electron chi connectivity index (χ4n) is 4.32. The molecule has 244 valence electrons. The average Bonchev–Trinajstić information content (AvgIpc) is 3.45. The zero-order valence-electron chi connectivity index (χ0n) is 26.4. The molecule has 0 radical (unpaired) electrons. The Hall–Kier alpha value is -4.63. The highest BCUT2D eigenvalue weighted by Gasteiger charge is 2.37. The molecule has 3 aromatic rings. The third-order valence-corrected chi connectivity index (χ3v) is 6.90. The van der Waals surface area contributed by atoms with Crippen LogP contribution in [0, 0.1) is 12.8 Å². The molecule has 0 unspecified atom stereocenters. The van der Waals surface area contributed by atoms with Gasteiger partial charge in [-0.05, 0) is 38.8 Å². The largest absolute Gasteiger partial charge is 0.453 e. The topological polar surface area (TPSA) is 171 Å². The van der Waals surface area contributed by atoms with Gasteiger partial charge in [0.2, 0.25) is 17.6 Å². The normalized spacial score (nSPS) is 13.0. The van der Waals surface area contributed by atoms with Gasteiger partial charge in [-0.3, -0.25) is 29.3 Å². The number of ketones is 1. The highest BCUT2D eigenvalue weighted by Crippen LogP contribution is 2.33. The number of hydrogen-bond donors (Lipinski definition) is 2. The lowest BCUT2D eigenvalue weighted by molar-refractivity contribution is -0.137. The molecule has 2 N–H and O–H groups in total. The van der Waals surface area contributed by atoms with Crippen LogP contribution in [0.1, 0.15) is 87.8 Å². The molecule has 0 aromatic carbocycles. The summed E-state index contributed by atoms with van der Waals surface area (Å²) < 4.78 is 50.3. The fraction of sp³-hybridized carbons (Fsp3) is 0.517. The first-order valence-corrected chi connectivity index (χ1v) is 13.9. The number of aryl methyl sites for hydroxylation is 1. The molecule has 1 atom stereocenters. The second kappa shape index (κ2) is 12.8. The highest BCUT2D eigenvalue weighted by molar-refractivity contribution is 5.98. The monoisotopic (exact) mass is 635 g/mol. The lowest BCUT2D eigenvalue weighted by atomic mass is 9.88. The molecule has 0 bridgehead atoms. The van der Waals surface area contributed by atoms with Crippen LogP contribution in [0.5, 0.6) is 0 Å². The van der Waals surface area contributed by atoms with Crippen LogP contribution >= 0.6 is 0 Å². The van der Waals surface area contributed by atoms with Gasteiger partial charge in [-0.2, -0.15) is 13.2 Å². The SMILES string of the molecule is COC(=O)Nc1c(C)nc(C(C)(C)C)n(CC(=O)N[C@H](C(=O)c2nnc(C(C)(C)c3ccc(C(F)(F)F)cn3)o2)C(C)C)c1=O. The van der Waals surface area contributed by atoms with Crippen molar-refractivity contribution in [3.05, 3.63) is 63.2 Å². The van der Waals surface area contributed by atoms with Crippen molar-refractivity contribution in [2.24, 2.45) is 5.92 Å². The number of rotatable bonds is 9. The van der Waals surface area contributed by atoms with Crippen LogP contribution < -0.4 is 16.2 Å². The minimum Gasteiger partial charge on any atom is -0.453 e. The molecule has 0 aliphatic heterocycles. The van der Waals surface area contributed by atoms with Crippen molar-refractivity contribution >= 4 is 23.5 Å². The molecule has 45 heavy (non-hydrogen) atoms. The van der Waals surface area contributed by atoms with Crippen LogP contribution in [0.25, 0.3) is 0 Å². The number of carbonyl (C=O) groups is 3. The van der Waals surface area contributed by atoms with E-state index < -0.39 is 70.3 Å². The number of amides is 2. The van der Waals surface area contributed by atoms with Crippen LogP contribution in [-0.2, 0) is 33.1 Å². The number of anilines is 1. The summed E-state index contributed by atoms with van der Waals surface area (Å²) in [7, 11) is 1.13. The van der Waals surface area contributed by atoms with E-state index in [1.54, 1.807) is 48.5 Å². The Morgan fingerprint density at radius 3 is 2.22 bits per heavy atom. The van der Waals surface area contributed by atoms with Crippen molar-refractivity contribution in [3.63, 3.8) is 0 Å². The molecule has 0 saturated heterocycles. The van der Waals surface area contributed by atoms with Gasteiger partial charge in [-0.1, -0.05) is 34.6 Å². The van der Waals surface area contributed by atoms with Gasteiger partial charge in [0, 0.05) is 11.6 Å². The van der Waals surface area contributed by atoms with Crippen molar-refractivity contribution < 1.29 is 36.7 Å². The van der Waals surface area contributed by atoms with E-state index in [1.807, 2.05) is 0 Å². The molecule has 2 amide bonds. The number of carbonyl (C=O) groups excluding carboxylic acids is 3. The molecule has 0 saturated carbocycles. The van der Waals surface area contributed by atoms with Crippen molar-refractivity contribution in [2.45, 2.75) is 85.0 Å². The first kappa shape index (κ1) is 34.9. The van der Waals surface area contributed by atoms with E-state index in [0.717, 1.165) is 17.7 Å². The van der Waals surface area contributed by atoms with Gasteiger partial charge in [-0.25, -0.2) is 9.78 Å². The van der Waals surface area contributed by atoms with E-state index in [2.05, 4.69) is 35.5 Å². The molecule has 0 aliphatic rings. The molecule has 3 rings (SSSR count). The number of Topliss-reactive ketones (excluding diaryl/α,β-unsaturated/α-hetero) is 1. The van der Waals surface area contributed by atoms with Crippen LogP contribution in [-0.4, -0.2) is 55.7 Å². The molecule has 0 spiro atoms. The molecule has 3 heterocycles. The predicted octanol–water partition coefficient (Wildman–Crippen LogP) is 4.17. The smallest absolute Gasteiger partial charge is 0.417 e. The molecule has 13 nitrogen and oxygen atoms in total. The standard InChI is InChI=1S/C29H36F3N7O6/c1-14(2)19(21(41)22-37-38-25(45-22)28(7,8)17-11-10-16(12-33-17)29(30,31)32)35-18(40)13-39-23(42)20(36-26(43)44-9)15(3)34-24(39)27(4,5)6/h10-12,14,19H,13H2,1-9H3,(H,35,40)(H,36,43)/t19-/m0/s1. The number of aromatic nitrogens is 5. The summed E-state index contributed by atoms with van der Waals surface area (Å²) >= 11 is 0. The Labute approximate surface area is 257 Å². The minimum absolute atomic E-state index is 0.0790. The van der Waals surface area contributed by atoms with Crippen molar-refractivity contribution in [2.75, 3.05) is 12.4 Å². The Morgan fingerprint density at radius 1 is 1.07 bits per heavy atom. The number of nitrogens with zero attached hydrogens (tertiary/aromatic N) is 5. The lowest BCUT2D eigenvalue weighted by Crippen LogP contribution is -2.47. The summed E-state index contributed by atoms with van der Waals surface area (Å²) in [6.45, 7) is 12.9. The second-order valence-corrected chi connectivity index (χ2v) is 12.3. The van der Waals surface area contributed by atoms with Gasteiger partial charge in [0.15, 0.2) is 0 Å². The summed E-state index contributed by atoms with van der Waals surface area (Å²) in [5.41, 5.74) is -3.21. The number of pyridine rings is 1. The maximum Gasteiger partial charge on any atom is 0.417 e. The van der Waals surface area contributed by atoms with Crippen LogP contribution in [0.4, 0.5) is 23.7 Å². The van der Waals surface area contributed by atoms with E-state index in [0.29, 0.717) is 6.20 Å². The lowest BCUT2D eigenvalue weighted by Gasteiger charge is -2.25. The number of nitrogens with one attached hydrogen (secondary N) is 2. The molecule has 3 aromatic heterocycles. The molecular weight excluding hydrogens is 599 g/mol. The van der Waals surface area contributed by atoms with Gasteiger partial charge < -0.3 is 14.5 Å². The van der Waals surface area contributed by atoms with E-state index in [9.17, 15) is 32.3 Å². The zero-order valence-corrected chi connectivity index (χ0v) is 26.4. The van der Waals surface area contributed by atoms with E-state index >= 15 is 0 Å². The highest BCUT2D eigenvalue weighted by atomic mass is 19.4. The third-order valence-electron chi connectivity index (χ3n) is 6.90. The third kappa shape index (κ3) is 7.72. The van der Waals surface area contributed by atoms with Crippen molar-refractivity contribution in [3.8, 4) is 0 Å². The Morgan fingerprint density at radius 2 is 1.71 bits per heavy atom. The number of methoxy groups -OCH3 is 1. The van der Waals surface area contributed by atoms with Crippen molar-refractivity contribution in [1.29, 1.82) is 0 Å². The van der Waals surface area contributed by atoms with Gasteiger partial charge in [-0.15, -0.1) is 10.2 Å². The molecule has 0 fully saturated rings. The number of ether oxygens (including phenoxy) is 1. The van der Waals surface area contributed by atoms with Gasteiger partial charge in [0.05, 0.1) is 35.5 Å². The predicted molar refractivity (Wildman–Crippen MR) is 155 cm³/mol. The van der Waals surface area contributed by atoms with Crippen LogP contribution in [0.2, 0.25) is 0 Å². The van der Waals surface area contributed by atoms with Crippen LogP contribution in [0.15, 0.2) is 27.5 Å². The minimum atomic E-state index is -4.56. The van der Waals surface area contributed by atoms with Gasteiger partial charge in [0.1, 0.15) is 18.1 Å². The quantitative estimate of drug-likeness (QED) is 0.325. The van der Waals surface area contributed by atoms with E-state index in [1.165, 1.54) is 13.0 Å². The van der Waals surface area contributed by atoms with E-state index in [-0.39, 0.29) is 28.8 Å². The van der Waals surface area contributed by atoms with Crippen molar-refractivity contribution in [1.82, 2.24) is 30.0 Å². The Balaban J connectivity index is 1.88. The summed E-state index contributed by atoms with van der Waals surface area (Å²) in [4.78, 5) is 60.4. The number of hydrogen-bond acceptors (Lipinski definition) is 10. The van der Waals surface area contributed by atoms with Gasteiger partial charge in [0.25, 0.3) is 11.4 Å². The zero-order chi connectivity index (χ0) is 34.1. The summed E-state index contributed by atoms with van der Waals surface area (Å²) in [6.07, 6.45) is -4.76. The Bertz CT molecular complexity index is 1640. The first-order chi connectivity index (χ1) is 20.7. The maximum absolute atomic E-state index is 13.5. The number of halogens is 3. The second-order valence-electron chi connectivity index (χ2n) is 12.3. The van der Waals surface area contributed by atoms with Crippen LogP contribution in [0.3, 0.4) is 0 Å². The summed E-state index contributed by atoms with van der Waals surface area (Å²) in [5.74, 6) is -2.13. The van der Waals surface area contributed by atoms with E-state index in [4.69, 9.17) is 4.42 Å². The summed E-state index contributed by atoms with van der Waals surface area (Å²) in [6, 6.07) is 0.912. The first-order valence-electron chi connectivity index (χ1n) is 13.9. The average molecular weight is 636 g/mol. The summed E-state index contributed by atoms with van der Waals surface area (Å²) in [5, 5.41) is 12.7. The molecular formula is C29H36F3N7O6.